The van der Waals surface area contributed by atoms with Crippen molar-refractivity contribution in [1.82, 2.24) is 14.7 Å². The maximum atomic E-state index is 13.8. The van der Waals surface area contributed by atoms with Crippen LogP contribution in [0.5, 0.6) is 0 Å². The van der Waals surface area contributed by atoms with Crippen LogP contribution in [0.15, 0.2) is 36.5 Å². The highest BCUT2D eigenvalue weighted by Gasteiger charge is 2.34. The van der Waals surface area contributed by atoms with Gasteiger partial charge in [-0.2, -0.15) is 5.10 Å². The van der Waals surface area contributed by atoms with E-state index in [-0.39, 0.29) is 31.1 Å². The van der Waals surface area contributed by atoms with Crippen LogP contribution in [0.1, 0.15) is 10.5 Å². The fourth-order valence-electron chi connectivity index (χ4n) is 2.41. The summed E-state index contributed by atoms with van der Waals surface area (Å²) < 4.78 is 20.1. The summed E-state index contributed by atoms with van der Waals surface area (Å²) >= 11 is 0. The van der Waals surface area contributed by atoms with Gasteiger partial charge >= 0.3 is 5.97 Å². The lowest BCUT2D eigenvalue weighted by Crippen LogP contribution is -2.52. The van der Waals surface area contributed by atoms with Crippen LogP contribution in [0.4, 0.5) is 4.39 Å². The van der Waals surface area contributed by atoms with E-state index in [0.717, 1.165) is 0 Å². The van der Waals surface area contributed by atoms with Crippen LogP contribution in [0, 0.1) is 5.82 Å². The second-order valence-corrected chi connectivity index (χ2v) is 5.02. The van der Waals surface area contributed by atoms with Gasteiger partial charge in [-0.3, -0.25) is 4.79 Å². The molecule has 0 aliphatic carbocycles. The molecule has 1 aliphatic heterocycles. The van der Waals surface area contributed by atoms with Crippen LogP contribution in [0.25, 0.3) is 5.69 Å². The van der Waals surface area contributed by atoms with E-state index in [1.807, 2.05) is 0 Å². The van der Waals surface area contributed by atoms with E-state index in [9.17, 15) is 19.1 Å². The molecule has 1 aromatic carbocycles. The molecule has 1 N–H and O–H groups in total. The second kappa shape index (κ2) is 6.17. The first-order chi connectivity index (χ1) is 11.1. The molecule has 1 aliphatic rings. The van der Waals surface area contributed by atoms with Gasteiger partial charge in [0.05, 0.1) is 13.2 Å². The van der Waals surface area contributed by atoms with E-state index in [0.29, 0.717) is 0 Å². The van der Waals surface area contributed by atoms with E-state index in [2.05, 4.69) is 5.10 Å². The SMILES string of the molecule is O=C(O)[C@@H]1COCCN1C(=O)c1ccn(-c2ccccc2F)n1. The zero-order valence-electron chi connectivity index (χ0n) is 12.1. The lowest BCUT2D eigenvalue weighted by Gasteiger charge is -2.32. The Balaban J connectivity index is 1.86. The molecule has 1 aromatic heterocycles. The van der Waals surface area contributed by atoms with Crippen LogP contribution in [-0.2, 0) is 9.53 Å². The third-order valence-corrected chi connectivity index (χ3v) is 3.58. The van der Waals surface area contributed by atoms with Gasteiger partial charge in [-0.25, -0.2) is 13.9 Å². The number of aliphatic carboxylic acids is 1. The maximum absolute atomic E-state index is 13.8. The van der Waals surface area contributed by atoms with Crippen molar-refractivity contribution in [2.45, 2.75) is 6.04 Å². The first-order valence-electron chi connectivity index (χ1n) is 7.00. The third kappa shape index (κ3) is 2.93. The number of rotatable bonds is 3. The molecule has 0 bridgehead atoms. The summed E-state index contributed by atoms with van der Waals surface area (Å²) in [5, 5.41) is 13.2. The summed E-state index contributed by atoms with van der Waals surface area (Å²) in [6.45, 7) is 0.376. The molecule has 2 aromatic rings. The number of morpholine rings is 1. The summed E-state index contributed by atoms with van der Waals surface area (Å²) in [5.41, 5.74) is 0.268. The Kier molecular flexibility index (Phi) is 4.07. The number of aromatic nitrogens is 2. The first kappa shape index (κ1) is 15.2. The van der Waals surface area contributed by atoms with Crippen LogP contribution in [0.2, 0.25) is 0 Å². The Hall–Kier alpha value is -2.74. The fourth-order valence-corrected chi connectivity index (χ4v) is 2.41. The Bertz CT molecular complexity index is 746. The molecule has 1 amide bonds. The Morgan fingerprint density at radius 1 is 1.30 bits per heavy atom. The first-order valence-corrected chi connectivity index (χ1v) is 7.00. The number of ether oxygens (including phenoxy) is 1. The van der Waals surface area contributed by atoms with Crippen LogP contribution >= 0.6 is 0 Å². The van der Waals surface area contributed by atoms with Crippen molar-refractivity contribution in [2.75, 3.05) is 19.8 Å². The van der Waals surface area contributed by atoms with Crippen molar-refractivity contribution in [3.63, 3.8) is 0 Å². The van der Waals surface area contributed by atoms with Gasteiger partial charge in [0.15, 0.2) is 11.7 Å². The topological polar surface area (TPSA) is 84.7 Å². The average Bonchev–Trinajstić information content (AvgIpc) is 3.04. The summed E-state index contributed by atoms with van der Waals surface area (Å²) in [4.78, 5) is 24.9. The van der Waals surface area contributed by atoms with Gasteiger partial charge in [-0.05, 0) is 18.2 Å². The molecule has 0 unspecified atom stereocenters. The van der Waals surface area contributed by atoms with Gasteiger partial charge in [0.25, 0.3) is 5.91 Å². The van der Waals surface area contributed by atoms with E-state index >= 15 is 0 Å². The van der Waals surface area contributed by atoms with E-state index < -0.39 is 23.7 Å². The molecule has 120 valence electrons. The quantitative estimate of drug-likeness (QED) is 0.910. The predicted molar refractivity (Wildman–Crippen MR) is 76.8 cm³/mol. The molecular formula is C15H14FN3O4. The van der Waals surface area contributed by atoms with Crippen molar-refractivity contribution in [3.05, 3.63) is 48.0 Å². The molecule has 8 heteroatoms. The Morgan fingerprint density at radius 2 is 2.09 bits per heavy atom. The van der Waals surface area contributed by atoms with Crippen LogP contribution in [0.3, 0.4) is 0 Å². The predicted octanol–water partition coefficient (Wildman–Crippen LogP) is 0.937. The van der Waals surface area contributed by atoms with Crippen molar-refractivity contribution >= 4 is 11.9 Å². The van der Waals surface area contributed by atoms with E-state index in [1.165, 1.54) is 34.0 Å². The summed E-state index contributed by atoms with van der Waals surface area (Å²) in [5.74, 6) is -2.12. The van der Waals surface area contributed by atoms with Gasteiger partial charge in [0.1, 0.15) is 11.5 Å². The summed E-state index contributed by atoms with van der Waals surface area (Å²) in [6, 6.07) is 6.42. The largest absolute Gasteiger partial charge is 0.480 e. The van der Waals surface area contributed by atoms with Crippen molar-refractivity contribution in [2.24, 2.45) is 0 Å². The fraction of sp³-hybridized carbons (Fsp3) is 0.267. The monoisotopic (exact) mass is 319 g/mol. The molecule has 23 heavy (non-hydrogen) atoms. The number of carboxylic acids is 1. The number of halogens is 1. The molecule has 0 radical (unpaired) electrons. The number of hydrogen-bond donors (Lipinski definition) is 1. The van der Waals surface area contributed by atoms with Gasteiger partial charge in [0, 0.05) is 12.7 Å². The number of amides is 1. The number of benzene rings is 1. The van der Waals surface area contributed by atoms with Crippen molar-refractivity contribution in [3.8, 4) is 5.69 Å². The highest BCUT2D eigenvalue weighted by atomic mass is 19.1. The Morgan fingerprint density at radius 3 is 2.83 bits per heavy atom. The third-order valence-electron chi connectivity index (χ3n) is 3.58. The number of carbonyl (C=O) groups excluding carboxylic acids is 1. The molecule has 3 rings (SSSR count). The van der Waals surface area contributed by atoms with Gasteiger partial charge in [-0.15, -0.1) is 0 Å². The zero-order valence-corrected chi connectivity index (χ0v) is 12.1. The number of para-hydroxylation sites is 1. The number of hydrogen-bond acceptors (Lipinski definition) is 4. The molecular weight excluding hydrogens is 305 g/mol. The number of carboxylic acid groups (broad SMARTS) is 1. The van der Waals surface area contributed by atoms with Gasteiger partial charge < -0.3 is 14.7 Å². The maximum Gasteiger partial charge on any atom is 0.328 e. The van der Waals surface area contributed by atoms with Crippen molar-refractivity contribution < 1.29 is 23.8 Å². The Labute approximate surface area is 130 Å². The molecule has 0 saturated carbocycles. The van der Waals surface area contributed by atoms with Gasteiger partial charge in [-0.1, -0.05) is 12.1 Å². The molecule has 1 atom stereocenters. The highest BCUT2D eigenvalue weighted by molar-refractivity contribution is 5.95. The highest BCUT2D eigenvalue weighted by Crippen LogP contribution is 2.15. The molecule has 2 heterocycles. The van der Waals surface area contributed by atoms with E-state index in [1.54, 1.807) is 12.1 Å². The smallest absolute Gasteiger partial charge is 0.328 e. The molecule has 1 saturated heterocycles. The lowest BCUT2D eigenvalue weighted by molar-refractivity contribution is -0.147. The second-order valence-electron chi connectivity index (χ2n) is 5.02. The summed E-state index contributed by atoms with van der Waals surface area (Å²) in [7, 11) is 0. The minimum atomic E-state index is -1.13. The van der Waals surface area contributed by atoms with Crippen LogP contribution in [-0.4, -0.2) is 57.5 Å². The van der Waals surface area contributed by atoms with Crippen LogP contribution < -0.4 is 0 Å². The minimum Gasteiger partial charge on any atom is -0.480 e. The molecule has 1 fully saturated rings. The molecule has 0 spiro atoms. The van der Waals surface area contributed by atoms with E-state index in [4.69, 9.17) is 4.74 Å². The standard InChI is InChI=1S/C15H14FN3O4/c16-10-3-1-2-4-12(10)19-6-5-11(17-19)14(20)18-7-8-23-9-13(18)15(21)22/h1-6,13H,7-9H2,(H,21,22)/t13-/m0/s1. The number of nitrogens with zero attached hydrogens (tertiary/aromatic N) is 3. The van der Waals surface area contributed by atoms with Crippen molar-refractivity contribution in [1.29, 1.82) is 0 Å². The number of carbonyl (C=O) groups is 2. The lowest BCUT2D eigenvalue weighted by atomic mass is 10.2. The normalized spacial score (nSPS) is 18.0. The zero-order chi connectivity index (χ0) is 16.4. The van der Waals surface area contributed by atoms with Gasteiger partial charge in [0.2, 0.25) is 0 Å². The summed E-state index contributed by atoms with van der Waals surface area (Å²) in [6.07, 6.45) is 1.46. The molecule has 7 nitrogen and oxygen atoms in total. The average molecular weight is 319 g/mol. The minimum absolute atomic E-state index is 0.0569.